The molecule has 1 saturated heterocycles. The fourth-order valence-corrected chi connectivity index (χ4v) is 3.34. The lowest BCUT2D eigenvalue weighted by atomic mass is 9.99. The van der Waals surface area contributed by atoms with Gasteiger partial charge in [0.05, 0.1) is 5.02 Å². The summed E-state index contributed by atoms with van der Waals surface area (Å²) in [5.74, 6) is 1.64. The molecule has 126 valence electrons. The summed E-state index contributed by atoms with van der Waals surface area (Å²) in [7, 11) is 0. The van der Waals surface area contributed by atoms with Crippen molar-refractivity contribution >= 4 is 40.4 Å². The third-order valence-electron chi connectivity index (χ3n) is 4.37. The Labute approximate surface area is 153 Å². The summed E-state index contributed by atoms with van der Waals surface area (Å²) < 4.78 is 0. The van der Waals surface area contributed by atoms with Crippen LogP contribution in [0, 0.1) is 5.92 Å². The molecule has 5 heteroatoms. The first-order chi connectivity index (χ1) is 11.5. The van der Waals surface area contributed by atoms with Gasteiger partial charge >= 0.3 is 0 Å². The van der Waals surface area contributed by atoms with E-state index in [9.17, 15) is 0 Å². The monoisotopic (exact) mass is 361 g/mol. The molecule has 1 fully saturated rings. The van der Waals surface area contributed by atoms with Crippen LogP contribution in [-0.4, -0.2) is 18.1 Å². The molecule has 0 aliphatic carbocycles. The van der Waals surface area contributed by atoms with Gasteiger partial charge in [-0.25, -0.2) is 4.98 Å². The topological polar surface area (TPSA) is 28.2 Å². The SMILES string of the molecule is C=C(Nc1cccc(Cl)c1)c1cnc(N2CCC(C)CC2)c(Cl)c1. The quantitative estimate of drug-likeness (QED) is 0.755. The summed E-state index contributed by atoms with van der Waals surface area (Å²) in [4.78, 5) is 6.84. The van der Waals surface area contributed by atoms with Crippen LogP contribution in [0.25, 0.3) is 5.70 Å². The zero-order valence-electron chi connectivity index (χ0n) is 13.7. The third kappa shape index (κ3) is 4.03. The van der Waals surface area contributed by atoms with Crippen LogP contribution in [0.2, 0.25) is 10.0 Å². The number of pyridine rings is 1. The van der Waals surface area contributed by atoms with Gasteiger partial charge in [-0.1, -0.05) is 42.8 Å². The predicted molar refractivity (Wildman–Crippen MR) is 104 cm³/mol. The first-order valence-corrected chi connectivity index (χ1v) is 8.91. The Morgan fingerprint density at radius 3 is 2.67 bits per heavy atom. The van der Waals surface area contributed by atoms with Gasteiger partial charge in [0.15, 0.2) is 0 Å². The van der Waals surface area contributed by atoms with E-state index in [1.807, 2.05) is 36.5 Å². The van der Waals surface area contributed by atoms with E-state index in [-0.39, 0.29) is 0 Å². The Hall–Kier alpha value is -1.71. The predicted octanol–water partition coefficient (Wildman–Crippen LogP) is 5.71. The summed E-state index contributed by atoms with van der Waals surface area (Å²) in [6, 6.07) is 9.44. The lowest BCUT2D eigenvalue weighted by Gasteiger charge is -2.31. The van der Waals surface area contributed by atoms with Gasteiger partial charge in [0.2, 0.25) is 0 Å². The Bertz CT molecular complexity index is 737. The molecule has 0 spiro atoms. The molecule has 24 heavy (non-hydrogen) atoms. The number of piperidine rings is 1. The maximum absolute atomic E-state index is 6.48. The number of aromatic nitrogens is 1. The molecule has 1 aliphatic rings. The summed E-state index contributed by atoms with van der Waals surface area (Å²) in [6.07, 6.45) is 4.19. The molecule has 0 radical (unpaired) electrons. The third-order valence-corrected chi connectivity index (χ3v) is 4.89. The van der Waals surface area contributed by atoms with Crippen molar-refractivity contribution in [3.05, 3.63) is 58.7 Å². The molecular formula is C19H21Cl2N3. The van der Waals surface area contributed by atoms with Crippen molar-refractivity contribution in [2.45, 2.75) is 19.8 Å². The fourth-order valence-electron chi connectivity index (χ4n) is 2.86. The standard InChI is InChI=1S/C19H21Cl2N3/c1-13-6-8-24(9-7-13)19-18(21)10-15(12-22-19)14(2)23-17-5-3-4-16(20)11-17/h3-5,10-13,23H,2,6-9H2,1H3. The van der Waals surface area contributed by atoms with Gasteiger partial charge in [-0.05, 0) is 43.0 Å². The molecule has 1 aliphatic heterocycles. The Kier molecular flexibility index (Phi) is 5.32. The molecule has 2 heterocycles. The second-order valence-electron chi connectivity index (χ2n) is 6.31. The number of hydrogen-bond donors (Lipinski definition) is 1. The van der Waals surface area contributed by atoms with E-state index in [1.54, 1.807) is 0 Å². The van der Waals surface area contributed by atoms with Crippen LogP contribution in [0.5, 0.6) is 0 Å². The lowest BCUT2D eigenvalue weighted by molar-refractivity contribution is 0.436. The first kappa shape index (κ1) is 17.1. The van der Waals surface area contributed by atoms with Crippen LogP contribution in [0.3, 0.4) is 0 Å². The maximum Gasteiger partial charge on any atom is 0.147 e. The van der Waals surface area contributed by atoms with Gasteiger partial charge in [0, 0.05) is 41.3 Å². The zero-order valence-corrected chi connectivity index (χ0v) is 15.2. The molecule has 0 saturated carbocycles. The highest BCUT2D eigenvalue weighted by molar-refractivity contribution is 6.33. The van der Waals surface area contributed by atoms with Gasteiger partial charge in [-0.2, -0.15) is 0 Å². The molecule has 1 aromatic heterocycles. The molecule has 3 nitrogen and oxygen atoms in total. The molecular weight excluding hydrogens is 341 g/mol. The summed E-state index contributed by atoms with van der Waals surface area (Å²) in [5.41, 5.74) is 2.50. The van der Waals surface area contributed by atoms with Crippen molar-refractivity contribution in [1.82, 2.24) is 4.98 Å². The first-order valence-electron chi connectivity index (χ1n) is 8.15. The number of hydrogen-bond acceptors (Lipinski definition) is 3. The molecule has 0 bridgehead atoms. The van der Waals surface area contributed by atoms with E-state index in [2.05, 4.69) is 28.7 Å². The normalized spacial score (nSPS) is 15.4. The van der Waals surface area contributed by atoms with Crippen molar-refractivity contribution in [3.63, 3.8) is 0 Å². The second kappa shape index (κ2) is 7.45. The van der Waals surface area contributed by atoms with E-state index in [0.29, 0.717) is 10.0 Å². The number of anilines is 2. The Morgan fingerprint density at radius 2 is 2.00 bits per heavy atom. The number of benzene rings is 1. The molecule has 1 aromatic carbocycles. The maximum atomic E-state index is 6.48. The number of nitrogens with zero attached hydrogens (tertiary/aromatic N) is 2. The summed E-state index contributed by atoms with van der Waals surface area (Å²) in [5, 5.41) is 4.58. The molecule has 2 aromatic rings. The number of nitrogens with one attached hydrogen (secondary N) is 1. The smallest absolute Gasteiger partial charge is 0.147 e. The zero-order chi connectivity index (χ0) is 17.1. The van der Waals surface area contributed by atoms with Crippen molar-refractivity contribution in [2.24, 2.45) is 5.92 Å². The van der Waals surface area contributed by atoms with E-state index >= 15 is 0 Å². The molecule has 0 atom stereocenters. The minimum atomic E-state index is 0.663. The van der Waals surface area contributed by atoms with Gasteiger partial charge in [-0.15, -0.1) is 0 Å². The van der Waals surface area contributed by atoms with Crippen LogP contribution in [-0.2, 0) is 0 Å². The highest BCUT2D eigenvalue weighted by atomic mass is 35.5. The highest BCUT2D eigenvalue weighted by Crippen LogP contribution is 2.30. The Balaban J connectivity index is 1.73. The minimum absolute atomic E-state index is 0.663. The number of rotatable bonds is 4. The second-order valence-corrected chi connectivity index (χ2v) is 7.16. The van der Waals surface area contributed by atoms with Crippen molar-refractivity contribution < 1.29 is 0 Å². The Morgan fingerprint density at radius 1 is 1.25 bits per heavy atom. The highest BCUT2D eigenvalue weighted by Gasteiger charge is 2.19. The van der Waals surface area contributed by atoms with Crippen LogP contribution in [0.4, 0.5) is 11.5 Å². The van der Waals surface area contributed by atoms with E-state index < -0.39 is 0 Å². The van der Waals surface area contributed by atoms with Crippen molar-refractivity contribution in [1.29, 1.82) is 0 Å². The fraction of sp³-hybridized carbons (Fsp3) is 0.316. The molecule has 0 amide bonds. The summed E-state index contributed by atoms with van der Waals surface area (Å²) >= 11 is 12.5. The van der Waals surface area contributed by atoms with Gasteiger partial charge in [0.25, 0.3) is 0 Å². The van der Waals surface area contributed by atoms with Gasteiger partial charge in [-0.3, -0.25) is 0 Å². The average Bonchev–Trinajstić information content (AvgIpc) is 2.56. The van der Waals surface area contributed by atoms with Crippen molar-refractivity contribution in [3.8, 4) is 0 Å². The summed E-state index contributed by atoms with van der Waals surface area (Å²) in [6.45, 7) is 8.39. The van der Waals surface area contributed by atoms with Crippen LogP contribution >= 0.6 is 23.2 Å². The molecule has 1 N–H and O–H groups in total. The van der Waals surface area contributed by atoms with Gasteiger partial charge in [0.1, 0.15) is 5.82 Å². The van der Waals surface area contributed by atoms with E-state index in [0.717, 1.165) is 41.8 Å². The molecule has 3 rings (SSSR count). The van der Waals surface area contributed by atoms with Crippen molar-refractivity contribution in [2.75, 3.05) is 23.3 Å². The molecule has 0 unspecified atom stereocenters. The van der Waals surface area contributed by atoms with E-state index in [4.69, 9.17) is 23.2 Å². The lowest BCUT2D eigenvalue weighted by Crippen LogP contribution is -2.33. The van der Waals surface area contributed by atoms with Crippen LogP contribution in [0.15, 0.2) is 43.1 Å². The van der Waals surface area contributed by atoms with Gasteiger partial charge < -0.3 is 10.2 Å². The minimum Gasteiger partial charge on any atom is -0.355 e. The largest absolute Gasteiger partial charge is 0.355 e. The van der Waals surface area contributed by atoms with Crippen LogP contribution < -0.4 is 10.2 Å². The number of halogens is 2. The average molecular weight is 362 g/mol. The van der Waals surface area contributed by atoms with E-state index in [1.165, 1.54) is 12.8 Å². The van der Waals surface area contributed by atoms with Crippen LogP contribution in [0.1, 0.15) is 25.3 Å².